The number of carbonyl (C=O) groups is 1. The summed E-state index contributed by atoms with van der Waals surface area (Å²) in [5, 5.41) is 3.27. The summed E-state index contributed by atoms with van der Waals surface area (Å²) < 4.78 is 0. The van der Waals surface area contributed by atoms with E-state index < -0.39 is 0 Å². The molecule has 70 valence electrons. The minimum absolute atomic E-state index is 0.168. The molecule has 0 bridgehead atoms. The number of rotatable bonds is 3. The second-order valence-corrected chi connectivity index (χ2v) is 4.07. The first-order valence-electron chi connectivity index (χ1n) is 4.96. The van der Waals surface area contributed by atoms with Crippen molar-refractivity contribution >= 4 is 5.78 Å². The molecule has 1 N–H and O–H groups in total. The SMILES string of the molecule is CC(C)CC(=O)[C@@H]1CCCCN1. The van der Waals surface area contributed by atoms with Crippen molar-refractivity contribution in [1.82, 2.24) is 5.32 Å². The highest BCUT2D eigenvalue weighted by Crippen LogP contribution is 2.11. The molecule has 0 spiro atoms. The number of nitrogens with one attached hydrogen (secondary N) is 1. The third-order valence-corrected chi connectivity index (χ3v) is 2.31. The smallest absolute Gasteiger partial charge is 0.149 e. The molecule has 1 aliphatic heterocycles. The fourth-order valence-electron chi connectivity index (χ4n) is 1.67. The normalized spacial score (nSPS) is 24.4. The van der Waals surface area contributed by atoms with Crippen LogP contribution >= 0.6 is 0 Å². The number of hydrogen-bond acceptors (Lipinski definition) is 2. The molecule has 0 unspecified atom stereocenters. The average molecular weight is 169 g/mol. The van der Waals surface area contributed by atoms with Gasteiger partial charge in [-0.1, -0.05) is 20.3 Å². The molecule has 2 heteroatoms. The molecule has 0 aromatic rings. The van der Waals surface area contributed by atoms with Gasteiger partial charge in [0.25, 0.3) is 0 Å². The van der Waals surface area contributed by atoms with E-state index in [1.165, 1.54) is 12.8 Å². The molecular weight excluding hydrogens is 150 g/mol. The first-order valence-corrected chi connectivity index (χ1v) is 4.96. The van der Waals surface area contributed by atoms with E-state index in [4.69, 9.17) is 0 Å². The Morgan fingerprint density at radius 3 is 2.75 bits per heavy atom. The Hall–Kier alpha value is -0.370. The Bertz CT molecular complexity index is 148. The van der Waals surface area contributed by atoms with Gasteiger partial charge in [0.2, 0.25) is 0 Å². The van der Waals surface area contributed by atoms with Crippen molar-refractivity contribution in [3.05, 3.63) is 0 Å². The van der Waals surface area contributed by atoms with Crippen LogP contribution in [0.1, 0.15) is 39.5 Å². The molecule has 1 saturated heterocycles. The number of carbonyl (C=O) groups excluding carboxylic acids is 1. The van der Waals surface area contributed by atoms with Gasteiger partial charge in [0.05, 0.1) is 6.04 Å². The van der Waals surface area contributed by atoms with Crippen LogP contribution in [0.25, 0.3) is 0 Å². The van der Waals surface area contributed by atoms with Crippen molar-refractivity contribution < 1.29 is 4.79 Å². The zero-order valence-corrected chi connectivity index (χ0v) is 8.10. The summed E-state index contributed by atoms with van der Waals surface area (Å²) >= 11 is 0. The summed E-state index contributed by atoms with van der Waals surface area (Å²) in [6.07, 6.45) is 4.22. The van der Waals surface area contributed by atoms with Gasteiger partial charge in [0.1, 0.15) is 5.78 Å². The van der Waals surface area contributed by atoms with E-state index in [2.05, 4.69) is 19.2 Å². The number of hydrogen-bond donors (Lipinski definition) is 1. The van der Waals surface area contributed by atoms with Crippen molar-refractivity contribution in [3.63, 3.8) is 0 Å². The zero-order chi connectivity index (χ0) is 8.97. The maximum Gasteiger partial charge on any atom is 0.149 e. The van der Waals surface area contributed by atoms with Crippen LogP contribution in [-0.4, -0.2) is 18.4 Å². The molecule has 12 heavy (non-hydrogen) atoms. The van der Waals surface area contributed by atoms with E-state index >= 15 is 0 Å². The second kappa shape index (κ2) is 4.61. The van der Waals surface area contributed by atoms with Gasteiger partial charge in [-0.2, -0.15) is 0 Å². The molecule has 0 amide bonds. The van der Waals surface area contributed by atoms with Crippen LogP contribution in [-0.2, 0) is 4.79 Å². The van der Waals surface area contributed by atoms with E-state index in [0.717, 1.165) is 19.4 Å². The first-order chi connectivity index (χ1) is 5.70. The maximum atomic E-state index is 11.5. The summed E-state index contributed by atoms with van der Waals surface area (Å²) in [6.45, 7) is 5.22. The fraction of sp³-hybridized carbons (Fsp3) is 0.900. The molecule has 0 saturated carbocycles. The molecule has 0 radical (unpaired) electrons. The second-order valence-electron chi connectivity index (χ2n) is 4.07. The van der Waals surface area contributed by atoms with Crippen LogP contribution in [0.2, 0.25) is 0 Å². The largest absolute Gasteiger partial charge is 0.307 e. The molecule has 1 heterocycles. The van der Waals surface area contributed by atoms with Crippen LogP contribution in [0.4, 0.5) is 0 Å². The minimum atomic E-state index is 0.168. The maximum absolute atomic E-state index is 11.5. The summed E-state index contributed by atoms with van der Waals surface area (Å²) in [6, 6.07) is 0.168. The lowest BCUT2D eigenvalue weighted by molar-refractivity contribution is -0.122. The monoisotopic (exact) mass is 169 g/mol. The molecule has 0 aromatic carbocycles. The molecule has 1 atom stereocenters. The van der Waals surface area contributed by atoms with Gasteiger partial charge in [-0.05, 0) is 25.3 Å². The van der Waals surface area contributed by atoms with Gasteiger partial charge in [-0.25, -0.2) is 0 Å². The number of piperidine rings is 1. The third-order valence-electron chi connectivity index (χ3n) is 2.31. The van der Waals surface area contributed by atoms with Gasteiger partial charge in [-0.15, -0.1) is 0 Å². The first kappa shape index (κ1) is 9.72. The lowest BCUT2D eigenvalue weighted by atomic mass is 9.95. The Morgan fingerprint density at radius 2 is 2.25 bits per heavy atom. The van der Waals surface area contributed by atoms with Crippen molar-refractivity contribution in [2.75, 3.05) is 6.54 Å². The van der Waals surface area contributed by atoms with E-state index in [1.54, 1.807) is 0 Å². The van der Waals surface area contributed by atoms with Crippen LogP contribution in [0.3, 0.4) is 0 Å². The topological polar surface area (TPSA) is 29.1 Å². The quantitative estimate of drug-likeness (QED) is 0.697. The van der Waals surface area contributed by atoms with Gasteiger partial charge < -0.3 is 5.32 Å². The minimum Gasteiger partial charge on any atom is -0.307 e. The van der Waals surface area contributed by atoms with Crippen molar-refractivity contribution in [3.8, 4) is 0 Å². The Labute approximate surface area is 74.7 Å². The predicted octanol–water partition coefficient (Wildman–Crippen LogP) is 1.74. The lowest BCUT2D eigenvalue weighted by Crippen LogP contribution is -2.40. The van der Waals surface area contributed by atoms with Crippen LogP contribution < -0.4 is 5.32 Å². The van der Waals surface area contributed by atoms with Crippen molar-refractivity contribution in [2.24, 2.45) is 5.92 Å². The summed E-state index contributed by atoms with van der Waals surface area (Å²) in [4.78, 5) is 11.5. The van der Waals surface area contributed by atoms with E-state index in [0.29, 0.717) is 11.7 Å². The van der Waals surface area contributed by atoms with Crippen LogP contribution in [0, 0.1) is 5.92 Å². The third kappa shape index (κ3) is 2.94. The highest BCUT2D eigenvalue weighted by molar-refractivity contribution is 5.84. The average Bonchev–Trinajstić information content (AvgIpc) is 2.05. The van der Waals surface area contributed by atoms with Gasteiger partial charge in [0, 0.05) is 6.42 Å². The van der Waals surface area contributed by atoms with Crippen molar-refractivity contribution in [2.45, 2.75) is 45.6 Å². The highest BCUT2D eigenvalue weighted by atomic mass is 16.1. The highest BCUT2D eigenvalue weighted by Gasteiger charge is 2.20. The molecule has 0 aromatic heterocycles. The molecule has 1 fully saturated rings. The fourth-order valence-corrected chi connectivity index (χ4v) is 1.67. The lowest BCUT2D eigenvalue weighted by Gasteiger charge is -2.22. The molecule has 2 nitrogen and oxygen atoms in total. The molecular formula is C10H19NO. The summed E-state index contributed by atoms with van der Waals surface area (Å²) in [5.74, 6) is 0.908. The van der Waals surface area contributed by atoms with Gasteiger partial charge in [-0.3, -0.25) is 4.79 Å². The molecule has 0 aliphatic carbocycles. The summed E-state index contributed by atoms with van der Waals surface area (Å²) in [7, 11) is 0. The van der Waals surface area contributed by atoms with Crippen molar-refractivity contribution in [1.29, 1.82) is 0 Å². The summed E-state index contributed by atoms with van der Waals surface area (Å²) in [5.41, 5.74) is 0. The van der Waals surface area contributed by atoms with Crippen LogP contribution in [0.5, 0.6) is 0 Å². The van der Waals surface area contributed by atoms with E-state index in [-0.39, 0.29) is 6.04 Å². The zero-order valence-electron chi connectivity index (χ0n) is 8.10. The van der Waals surface area contributed by atoms with E-state index in [9.17, 15) is 4.79 Å². The number of Topliss-reactive ketones (excluding diaryl/α,β-unsaturated/α-hetero) is 1. The van der Waals surface area contributed by atoms with Gasteiger partial charge >= 0.3 is 0 Å². The number of ketones is 1. The Balaban J connectivity index is 2.30. The standard InChI is InChI=1S/C10H19NO/c1-8(2)7-10(12)9-5-3-4-6-11-9/h8-9,11H,3-7H2,1-2H3/t9-/m0/s1. The van der Waals surface area contributed by atoms with Gasteiger partial charge in [0.15, 0.2) is 0 Å². The predicted molar refractivity (Wildman–Crippen MR) is 50.1 cm³/mol. The Kier molecular flexibility index (Phi) is 3.73. The van der Waals surface area contributed by atoms with Crippen LogP contribution in [0.15, 0.2) is 0 Å². The molecule has 1 aliphatic rings. The van der Waals surface area contributed by atoms with E-state index in [1.807, 2.05) is 0 Å². The molecule has 1 rings (SSSR count). The Morgan fingerprint density at radius 1 is 1.50 bits per heavy atom.